The van der Waals surface area contributed by atoms with Gasteiger partial charge in [-0.3, -0.25) is 4.98 Å². The topological polar surface area (TPSA) is 67.9 Å². The van der Waals surface area contributed by atoms with Gasteiger partial charge in [-0.25, -0.2) is 9.78 Å². The number of H-pyrrole nitrogens is 1. The molecule has 0 radical (unpaired) electrons. The fourth-order valence-electron chi connectivity index (χ4n) is 2.79. The van der Waals surface area contributed by atoms with Gasteiger partial charge in [-0.1, -0.05) is 30.3 Å². The van der Waals surface area contributed by atoms with Crippen LogP contribution in [0.25, 0.3) is 22.3 Å². The van der Waals surface area contributed by atoms with Crippen LogP contribution in [0.3, 0.4) is 0 Å². The number of aromatic nitrogens is 3. The standard InChI is InChI=1S/C14H15NO.C8H8N2.C2H2O/c1-10-5-4-6-13(11(10)2)14-9-12(16-3)7-8-15-14;1-6-9-7-4-2-3-5-8(7)10-6;1-2-3/h4-9H,1-3H3;2-5H,1H3,(H,9,10);1H2. The lowest BCUT2D eigenvalue weighted by atomic mass is 10.0. The second-order valence-electron chi connectivity index (χ2n) is 6.31. The summed E-state index contributed by atoms with van der Waals surface area (Å²) in [6.07, 6.45) is 1.77. The number of aromatic amines is 1. The van der Waals surface area contributed by atoms with E-state index < -0.39 is 0 Å². The van der Waals surface area contributed by atoms with Gasteiger partial charge in [-0.2, -0.15) is 0 Å². The third-order valence-corrected chi connectivity index (χ3v) is 4.36. The maximum absolute atomic E-state index is 8.57. The number of imidazole rings is 1. The lowest BCUT2D eigenvalue weighted by Crippen LogP contribution is -1.91. The number of methoxy groups -OCH3 is 1. The molecule has 0 aliphatic rings. The number of ether oxygens (including phenoxy) is 1. The molecule has 2 aromatic heterocycles. The average molecular weight is 387 g/mol. The van der Waals surface area contributed by atoms with Crippen molar-refractivity contribution in [2.24, 2.45) is 0 Å². The summed E-state index contributed by atoms with van der Waals surface area (Å²) in [5, 5.41) is 0. The van der Waals surface area contributed by atoms with E-state index >= 15 is 0 Å². The summed E-state index contributed by atoms with van der Waals surface area (Å²) in [4.78, 5) is 20.4. The minimum atomic E-state index is 0.839. The molecule has 2 heterocycles. The Hall–Kier alpha value is -3.69. The van der Waals surface area contributed by atoms with E-state index in [0.717, 1.165) is 28.3 Å². The van der Waals surface area contributed by atoms with E-state index in [1.165, 1.54) is 22.6 Å². The number of para-hydroxylation sites is 2. The van der Waals surface area contributed by atoms with Gasteiger partial charge in [0.15, 0.2) is 0 Å². The fourth-order valence-corrected chi connectivity index (χ4v) is 2.79. The van der Waals surface area contributed by atoms with E-state index in [0.29, 0.717) is 0 Å². The maximum Gasteiger partial charge on any atom is 0.122 e. The Labute approximate surface area is 171 Å². The normalized spacial score (nSPS) is 9.52. The SMILES string of the molecule is C=C=O.COc1ccnc(-c2cccc(C)c2C)c1.Cc1nc2ccccc2[nH]1. The van der Waals surface area contributed by atoms with E-state index in [2.05, 4.69) is 53.6 Å². The Morgan fingerprint density at radius 3 is 2.45 bits per heavy atom. The van der Waals surface area contributed by atoms with Gasteiger partial charge in [-0.15, -0.1) is 0 Å². The highest BCUT2D eigenvalue weighted by Gasteiger charge is 2.05. The lowest BCUT2D eigenvalue weighted by Gasteiger charge is -2.08. The molecule has 0 aliphatic carbocycles. The molecule has 5 nitrogen and oxygen atoms in total. The van der Waals surface area contributed by atoms with Gasteiger partial charge in [0.05, 0.1) is 23.8 Å². The molecule has 0 spiro atoms. The van der Waals surface area contributed by atoms with Gasteiger partial charge in [0.1, 0.15) is 17.5 Å². The van der Waals surface area contributed by atoms with Crippen molar-refractivity contribution >= 4 is 17.0 Å². The summed E-state index contributed by atoms with van der Waals surface area (Å²) < 4.78 is 5.21. The van der Waals surface area contributed by atoms with Crippen LogP contribution in [0.4, 0.5) is 0 Å². The van der Waals surface area contributed by atoms with E-state index in [4.69, 9.17) is 9.53 Å². The van der Waals surface area contributed by atoms with Gasteiger partial charge >= 0.3 is 0 Å². The lowest BCUT2D eigenvalue weighted by molar-refractivity contribution is 0.414. The molecule has 2 aromatic carbocycles. The number of hydrogen-bond donors (Lipinski definition) is 1. The van der Waals surface area contributed by atoms with Crippen molar-refractivity contribution in [3.8, 4) is 17.0 Å². The highest BCUT2D eigenvalue weighted by atomic mass is 16.5. The molecule has 4 aromatic rings. The predicted molar refractivity (Wildman–Crippen MR) is 118 cm³/mol. The van der Waals surface area contributed by atoms with E-state index in [9.17, 15) is 0 Å². The second kappa shape index (κ2) is 10.6. The molecule has 0 fully saturated rings. The highest BCUT2D eigenvalue weighted by Crippen LogP contribution is 2.26. The first-order valence-corrected chi connectivity index (χ1v) is 9.12. The van der Waals surface area contributed by atoms with Crippen LogP contribution in [-0.2, 0) is 4.79 Å². The highest BCUT2D eigenvalue weighted by molar-refractivity contribution is 5.74. The number of nitrogens with zero attached hydrogens (tertiary/aromatic N) is 2. The number of fused-ring (bicyclic) bond motifs is 1. The summed E-state index contributed by atoms with van der Waals surface area (Å²) in [6, 6.07) is 18.1. The zero-order chi connectivity index (χ0) is 21.2. The molecule has 0 atom stereocenters. The van der Waals surface area contributed by atoms with Crippen LogP contribution >= 0.6 is 0 Å². The van der Waals surface area contributed by atoms with Gasteiger partial charge < -0.3 is 9.72 Å². The van der Waals surface area contributed by atoms with Crippen molar-refractivity contribution in [2.75, 3.05) is 7.11 Å². The third-order valence-electron chi connectivity index (χ3n) is 4.36. The van der Waals surface area contributed by atoms with Crippen LogP contribution in [0.15, 0.2) is 67.4 Å². The molecule has 0 saturated carbocycles. The van der Waals surface area contributed by atoms with Gasteiger partial charge in [-0.05, 0) is 56.7 Å². The molecule has 0 bridgehead atoms. The van der Waals surface area contributed by atoms with Crippen LogP contribution in [0.1, 0.15) is 17.0 Å². The van der Waals surface area contributed by atoms with E-state index in [1.807, 2.05) is 43.3 Å². The van der Waals surface area contributed by atoms with E-state index in [1.54, 1.807) is 13.3 Å². The van der Waals surface area contributed by atoms with Gasteiger partial charge in [0.25, 0.3) is 0 Å². The minimum Gasteiger partial charge on any atom is -0.497 e. The smallest absolute Gasteiger partial charge is 0.122 e. The number of aryl methyl sites for hydroxylation is 2. The Bertz CT molecular complexity index is 1080. The van der Waals surface area contributed by atoms with Crippen molar-refractivity contribution in [3.63, 3.8) is 0 Å². The van der Waals surface area contributed by atoms with Crippen LogP contribution in [0.2, 0.25) is 0 Å². The van der Waals surface area contributed by atoms with Crippen molar-refractivity contribution in [1.82, 2.24) is 15.0 Å². The van der Waals surface area contributed by atoms with Gasteiger partial charge in [0, 0.05) is 17.8 Å². The molecule has 0 aliphatic heterocycles. The Kier molecular flexibility index (Phi) is 7.89. The third kappa shape index (κ3) is 5.89. The van der Waals surface area contributed by atoms with Gasteiger partial charge in [0.2, 0.25) is 0 Å². The van der Waals surface area contributed by atoms with Crippen molar-refractivity contribution in [2.45, 2.75) is 20.8 Å². The molecule has 5 heteroatoms. The average Bonchev–Trinajstić information content (AvgIpc) is 3.11. The Balaban J connectivity index is 0.000000196. The zero-order valence-corrected chi connectivity index (χ0v) is 17.2. The van der Waals surface area contributed by atoms with Crippen LogP contribution in [-0.4, -0.2) is 28.0 Å². The molecular formula is C24H25N3O2. The maximum atomic E-state index is 8.57. The second-order valence-corrected chi connectivity index (χ2v) is 6.31. The molecule has 1 N–H and O–H groups in total. The van der Waals surface area contributed by atoms with E-state index in [-0.39, 0.29) is 0 Å². The number of pyridine rings is 1. The van der Waals surface area contributed by atoms with Crippen LogP contribution < -0.4 is 4.74 Å². The molecule has 29 heavy (non-hydrogen) atoms. The fraction of sp³-hybridized carbons (Fsp3) is 0.167. The summed E-state index contributed by atoms with van der Waals surface area (Å²) in [5.41, 5.74) is 6.82. The number of benzene rings is 2. The molecular weight excluding hydrogens is 362 g/mol. The number of rotatable bonds is 2. The Morgan fingerprint density at radius 1 is 1.03 bits per heavy atom. The molecule has 0 saturated heterocycles. The summed E-state index contributed by atoms with van der Waals surface area (Å²) in [5.74, 6) is 3.06. The van der Waals surface area contributed by atoms with Crippen molar-refractivity contribution in [3.05, 3.63) is 84.3 Å². The largest absolute Gasteiger partial charge is 0.497 e. The van der Waals surface area contributed by atoms with Crippen LogP contribution in [0, 0.1) is 20.8 Å². The first-order chi connectivity index (χ1) is 14.0. The summed E-state index contributed by atoms with van der Waals surface area (Å²) >= 11 is 0. The summed E-state index contributed by atoms with van der Waals surface area (Å²) in [6.45, 7) is 8.87. The first kappa shape index (κ1) is 21.6. The first-order valence-electron chi connectivity index (χ1n) is 9.12. The van der Waals surface area contributed by atoms with Crippen molar-refractivity contribution in [1.29, 1.82) is 0 Å². The number of nitrogens with one attached hydrogen (secondary N) is 1. The Morgan fingerprint density at radius 2 is 1.76 bits per heavy atom. The van der Waals surface area contributed by atoms with Crippen molar-refractivity contribution < 1.29 is 9.53 Å². The molecule has 0 unspecified atom stereocenters. The molecule has 148 valence electrons. The predicted octanol–water partition coefficient (Wildman–Crippen LogP) is 5.25. The molecule has 4 rings (SSSR count). The number of hydrogen-bond acceptors (Lipinski definition) is 4. The minimum absolute atomic E-state index is 0.839. The quantitative estimate of drug-likeness (QED) is 0.477. The monoisotopic (exact) mass is 387 g/mol. The number of carbonyl (C=O) groups excluding carboxylic acids is 1. The summed E-state index contributed by atoms with van der Waals surface area (Å²) in [7, 11) is 1.67. The zero-order valence-electron chi connectivity index (χ0n) is 17.2. The van der Waals surface area contributed by atoms with Crippen LogP contribution in [0.5, 0.6) is 5.75 Å². The molecule has 0 amide bonds.